The van der Waals surface area contributed by atoms with E-state index in [0.717, 1.165) is 69.3 Å². The lowest BCUT2D eigenvalue weighted by molar-refractivity contribution is 0.208. The highest BCUT2D eigenvalue weighted by atomic mass is 16.3. The summed E-state index contributed by atoms with van der Waals surface area (Å²) in [5.74, 6) is 3.82. The molecule has 4 rings (SSSR count). The highest BCUT2D eigenvalue weighted by molar-refractivity contribution is 5.51. The van der Waals surface area contributed by atoms with E-state index in [1.165, 1.54) is 0 Å². The monoisotopic (exact) mass is 342 g/mol. The van der Waals surface area contributed by atoms with E-state index in [-0.39, 0.29) is 6.61 Å². The number of aliphatic hydroxyl groups is 1. The lowest BCUT2D eigenvalue weighted by atomic mass is 9.97. The lowest BCUT2D eigenvalue weighted by Gasteiger charge is -2.35. The molecule has 25 heavy (non-hydrogen) atoms. The first-order chi connectivity index (χ1) is 12.3. The maximum atomic E-state index is 9.46. The zero-order valence-electron chi connectivity index (χ0n) is 14.5. The maximum Gasteiger partial charge on any atom is 0.134 e. The van der Waals surface area contributed by atoms with Crippen molar-refractivity contribution in [3.05, 3.63) is 30.6 Å². The number of anilines is 2. The highest BCUT2D eigenvalue weighted by Gasteiger charge is 2.25. The Morgan fingerprint density at radius 1 is 1.04 bits per heavy atom. The molecule has 2 atom stereocenters. The molecule has 7 nitrogen and oxygen atoms in total. The van der Waals surface area contributed by atoms with Gasteiger partial charge in [-0.3, -0.25) is 0 Å². The van der Waals surface area contributed by atoms with Gasteiger partial charge in [0.2, 0.25) is 0 Å². The number of rotatable bonds is 4. The van der Waals surface area contributed by atoms with Gasteiger partial charge >= 0.3 is 0 Å². The van der Waals surface area contributed by atoms with E-state index in [9.17, 15) is 5.11 Å². The van der Waals surface area contributed by atoms with E-state index in [2.05, 4.69) is 35.8 Å². The number of imidazole rings is 1. The van der Waals surface area contributed by atoms with Crippen LogP contribution in [-0.4, -0.2) is 57.8 Å². The zero-order valence-corrected chi connectivity index (χ0v) is 14.5. The smallest absolute Gasteiger partial charge is 0.134 e. The van der Waals surface area contributed by atoms with Gasteiger partial charge in [0.05, 0.1) is 0 Å². The van der Waals surface area contributed by atoms with Gasteiger partial charge in [-0.2, -0.15) is 0 Å². The third-order valence-electron chi connectivity index (χ3n) is 5.39. The number of H-pyrrole nitrogens is 1. The molecule has 2 saturated heterocycles. The summed E-state index contributed by atoms with van der Waals surface area (Å²) in [5.41, 5.74) is 0. The Balaban J connectivity index is 1.49. The largest absolute Gasteiger partial charge is 0.396 e. The number of aromatic amines is 1. The van der Waals surface area contributed by atoms with Crippen LogP contribution in [0.5, 0.6) is 0 Å². The number of hydrogen-bond donors (Lipinski definition) is 2. The number of nitrogens with zero attached hydrogens (tertiary/aromatic N) is 5. The van der Waals surface area contributed by atoms with Gasteiger partial charge in [-0.25, -0.2) is 15.0 Å². The number of hydrogen-bond acceptors (Lipinski definition) is 6. The van der Waals surface area contributed by atoms with Crippen molar-refractivity contribution in [2.24, 2.45) is 5.92 Å². The van der Waals surface area contributed by atoms with Crippen LogP contribution < -0.4 is 9.80 Å². The van der Waals surface area contributed by atoms with Gasteiger partial charge in [-0.05, 0) is 31.6 Å². The third kappa shape index (κ3) is 3.61. The van der Waals surface area contributed by atoms with Gasteiger partial charge < -0.3 is 19.9 Å². The molecule has 0 bridgehead atoms. The Hall–Kier alpha value is -2.15. The van der Waals surface area contributed by atoms with E-state index >= 15 is 0 Å². The summed E-state index contributed by atoms with van der Waals surface area (Å²) >= 11 is 0. The molecule has 7 heteroatoms. The minimum Gasteiger partial charge on any atom is -0.396 e. The van der Waals surface area contributed by atoms with Crippen molar-refractivity contribution in [3.63, 3.8) is 0 Å². The average Bonchev–Trinajstić information content (AvgIpc) is 3.23. The molecule has 2 fully saturated rings. The Kier molecular flexibility index (Phi) is 4.83. The summed E-state index contributed by atoms with van der Waals surface area (Å²) in [6.07, 6.45) is 9.89. The maximum absolute atomic E-state index is 9.46. The fourth-order valence-corrected chi connectivity index (χ4v) is 4.01. The van der Waals surface area contributed by atoms with Crippen molar-refractivity contribution >= 4 is 11.6 Å². The van der Waals surface area contributed by atoms with Crippen molar-refractivity contribution < 1.29 is 5.11 Å². The van der Waals surface area contributed by atoms with Crippen LogP contribution in [0.3, 0.4) is 0 Å². The first kappa shape index (κ1) is 16.3. The zero-order chi connectivity index (χ0) is 17.1. The third-order valence-corrected chi connectivity index (χ3v) is 5.39. The molecular weight excluding hydrogens is 316 g/mol. The van der Waals surface area contributed by atoms with Gasteiger partial charge in [-0.15, -0.1) is 0 Å². The van der Waals surface area contributed by atoms with Crippen LogP contribution in [0.25, 0.3) is 0 Å². The lowest BCUT2D eigenvalue weighted by Crippen LogP contribution is -2.38. The van der Waals surface area contributed by atoms with Crippen molar-refractivity contribution in [1.82, 2.24) is 19.9 Å². The van der Waals surface area contributed by atoms with E-state index in [1.807, 2.05) is 12.4 Å². The number of aliphatic hydroxyl groups excluding tert-OH is 1. The minimum atomic E-state index is 0.255. The molecule has 0 amide bonds. The molecule has 2 aliphatic heterocycles. The van der Waals surface area contributed by atoms with Crippen LogP contribution in [0.1, 0.15) is 37.4 Å². The van der Waals surface area contributed by atoms with Gasteiger partial charge in [0, 0.05) is 57.2 Å². The molecule has 2 aromatic rings. The topological polar surface area (TPSA) is 81.2 Å². The molecule has 2 unspecified atom stereocenters. The molecule has 2 N–H and O–H groups in total. The Labute approximate surface area is 148 Å². The summed E-state index contributed by atoms with van der Waals surface area (Å²) in [7, 11) is 0. The van der Waals surface area contributed by atoms with E-state index in [0.29, 0.717) is 11.8 Å². The van der Waals surface area contributed by atoms with Crippen molar-refractivity contribution in [3.8, 4) is 0 Å². The molecule has 4 heterocycles. The van der Waals surface area contributed by atoms with Gasteiger partial charge in [0.15, 0.2) is 0 Å². The van der Waals surface area contributed by atoms with Crippen LogP contribution in [0.15, 0.2) is 24.8 Å². The number of piperidine rings is 2. The molecular formula is C18H26N6O. The number of nitrogens with one attached hydrogen (secondary N) is 1. The molecule has 0 spiro atoms. The first-order valence-electron chi connectivity index (χ1n) is 9.25. The van der Waals surface area contributed by atoms with Crippen LogP contribution >= 0.6 is 0 Å². The standard InChI is InChI=1S/C18H26N6O/c25-12-14-3-1-7-23(10-14)16-9-17(22-13-21-16)24-8-2-4-15(11-24)18-19-5-6-20-18/h5-6,9,13-15,25H,1-4,7-8,10-12H2,(H,19,20). The molecule has 0 saturated carbocycles. The normalized spacial score (nSPS) is 24.5. The molecule has 2 aromatic heterocycles. The molecule has 134 valence electrons. The summed E-state index contributed by atoms with van der Waals surface area (Å²) in [5, 5.41) is 9.46. The second-order valence-corrected chi connectivity index (χ2v) is 7.13. The van der Waals surface area contributed by atoms with E-state index in [1.54, 1.807) is 6.33 Å². The average molecular weight is 342 g/mol. The molecule has 2 aliphatic rings. The summed E-state index contributed by atoms with van der Waals surface area (Å²) < 4.78 is 0. The minimum absolute atomic E-state index is 0.255. The Morgan fingerprint density at radius 2 is 1.80 bits per heavy atom. The van der Waals surface area contributed by atoms with Crippen LogP contribution in [-0.2, 0) is 0 Å². The predicted octanol–water partition coefficient (Wildman–Crippen LogP) is 1.79. The summed E-state index contributed by atoms with van der Waals surface area (Å²) in [6, 6.07) is 2.10. The van der Waals surface area contributed by atoms with Crippen LogP contribution in [0.2, 0.25) is 0 Å². The highest BCUT2D eigenvalue weighted by Crippen LogP contribution is 2.29. The van der Waals surface area contributed by atoms with Crippen molar-refractivity contribution in [2.45, 2.75) is 31.6 Å². The molecule has 0 radical (unpaired) electrons. The van der Waals surface area contributed by atoms with Gasteiger partial charge in [0.25, 0.3) is 0 Å². The number of aromatic nitrogens is 4. The SMILES string of the molecule is OCC1CCCN(c2cc(N3CCCC(c4ncc[nH]4)C3)ncn2)C1. The van der Waals surface area contributed by atoms with Crippen LogP contribution in [0.4, 0.5) is 11.6 Å². The fraction of sp³-hybridized carbons (Fsp3) is 0.611. The molecule has 0 aromatic carbocycles. The van der Waals surface area contributed by atoms with Gasteiger partial charge in [-0.1, -0.05) is 0 Å². The fourth-order valence-electron chi connectivity index (χ4n) is 4.01. The van der Waals surface area contributed by atoms with Crippen LogP contribution in [0, 0.1) is 5.92 Å². The van der Waals surface area contributed by atoms with E-state index in [4.69, 9.17) is 0 Å². The predicted molar refractivity (Wildman–Crippen MR) is 96.8 cm³/mol. The summed E-state index contributed by atoms with van der Waals surface area (Å²) in [6.45, 7) is 4.09. The second kappa shape index (κ2) is 7.39. The summed E-state index contributed by atoms with van der Waals surface area (Å²) in [4.78, 5) is 21.3. The quantitative estimate of drug-likeness (QED) is 0.882. The van der Waals surface area contributed by atoms with Gasteiger partial charge in [0.1, 0.15) is 23.8 Å². The Morgan fingerprint density at radius 3 is 2.52 bits per heavy atom. The van der Waals surface area contributed by atoms with Crippen molar-refractivity contribution in [2.75, 3.05) is 42.6 Å². The van der Waals surface area contributed by atoms with E-state index < -0.39 is 0 Å². The Bertz CT molecular complexity index is 676. The second-order valence-electron chi connectivity index (χ2n) is 7.13. The first-order valence-corrected chi connectivity index (χ1v) is 9.25. The van der Waals surface area contributed by atoms with Crippen molar-refractivity contribution in [1.29, 1.82) is 0 Å². The molecule has 0 aliphatic carbocycles.